The van der Waals surface area contributed by atoms with Crippen molar-refractivity contribution in [2.24, 2.45) is 0 Å². The molecule has 108 valence electrons. The number of rotatable bonds is 4. The van der Waals surface area contributed by atoms with Gasteiger partial charge in [0.1, 0.15) is 0 Å². The summed E-state index contributed by atoms with van der Waals surface area (Å²) in [7, 11) is -3.15. The Morgan fingerprint density at radius 2 is 1.09 bits per heavy atom. The molecule has 22 heavy (non-hydrogen) atoms. The SMILES string of the molecule is [2H]/C(=C\c1ccccc1)P(=O)(c1ccccc1)c1ccccc1. The van der Waals surface area contributed by atoms with Crippen LogP contribution in [0.15, 0.2) is 96.8 Å². The molecular formula is C20H17OP. The monoisotopic (exact) mass is 305 g/mol. The van der Waals surface area contributed by atoms with Gasteiger partial charge < -0.3 is 4.57 Å². The first-order valence-corrected chi connectivity index (χ1v) is 8.87. The highest BCUT2D eigenvalue weighted by Crippen LogP contribution is 2.45. The maximum Gasteiger partial charge on any atom is 0.164 e. The third-order valence-corrected chi connectivity index (χ3v) is 6.00. The highest BCUT2D eigenvalue weighted by molar-refractivity contribution is 7.81. The average Bonchev–Trinajstić information content (AvgIpc) is 2.63. The maximum atomic E-state index is 13.9. The van der Waals surface area contributed by atoms with E-state index in [1.165, 1.54) is 0 Å². The molecule has 0 saturated carbocycles. The third kappa shape index (κ3) is 3.10. The predicted molar refractivity (Wildman–Crippen MR) is 95.2 cm³/mol. The van der Waals surface area contributed by atoms with Gasteiger partial charge in [0.15, 0.2) is 7.14 Å². The van der Waals surface area contributed by atoms with Gasteiger partial charge in [-0.2, -0.15) is 0 Å². The molecule has 0 heterocycles. The number of hydrogen-bond donors (Lipinski definition) is 0. The topological polar surface area (TPSA) is 17.1 Å². The van der Waals surface area contributed by atoms with E-state index >= 15 is 0 Å². The lowest BCUT2D eigenvalue weighted by Gasteiger charge is -2.15. The first-order valence-electron chi connectivity index (χ1n) is 7.66. The van der Waals surface area contributed by atoms with Crippen molar-refractivity contribution in [2.75, 3.05) is 0 Å². The van der Waals surface area contributed by atoms with Gasteiger partial charge in [0.2, 0.25) is 0 Å². The summed E-state index contributed by atoms with van der Waals surface area (Å²) in [5, 5.41) is 1.37. The summed E-state index contributed by atoms with van der Waals surface area (Å²) in [4.78, 5) is 0. The Balaban J connectivity index is 2.17. The van der Waals surface area contributed by atoms with Crippen LogP contribution in [0.3, 0.4) is 0 Å². The third-order valence-electron chi connectivity index (χ3n) is 3.45. The quantitative estimate of drug-likeness (QED) is 0.640. The van der Waals surface area contributed by atoms with E-state index in [0.29, 0.717) is 10.6 Å². The van der Waals surface area contributed by atoms with Crippen molar-refractivity contribution in [3.8, 4) is 0 Å². The van der Waals surface area contributed by atoms with Crippen LogP contribution in [-0.4, -0.2) is 0 Å². The first kappa shape index (κ1) is 13.3. The van der Waals surface area contributed by atoms with Gasteiger partial charge in [-0.15, -0.1) is 0 Å². The largest absolute Gasteiger partial charge is 0.309 e. The Kier molecular flexibility index (Phi) is 3.99. The molecule has 0 radical (unpaired) electrons. The second-order valence-corrected chi connectivity index (χ2v) is 7.47. The maximum absolute atomic E-state index is 13.9. The molecule has 2 heteroatoms. The lowest BCUT2D eigenvalue weighted by Crippen LogP contribution is -2.13. The second kappa shape index (κ2) is 6.60. The Bertz CT molecular complexity index is 799. The molecule has 0 amide bonds. The molecule has 3 aromatic rings. The van der Waals surface area contributed by atoms with Crippen LogP contribution in [0.2, 0.25) is 0 Å². The van der Waals surface area contributed by atoms with Gasteiger partial charge in [-0.1, -0.05) is 97.1 Å². The Hall–Kier alpha value is -2.37. The van der Waals surface area contributed by atoms with E-state index < -0.39 is 7.14 Å². The van der Waals surface area contributed by atoms with Crippen LogP contribution in [0.4, 0.5) is 0 Å². The van der Waals surface area contributed by atoms with Crippen molar-refractivity contribution >= 4 is 23.8 Å². The normalized spacial score (nSPS) is 12.7. The minimum atomic E-state index is -3.15. The molecule has 0 fully saturated rings. The average molecular weight is 305 g/mol. The van der Waals surface area contributed by atoms with Gasteiger partial charge in [-0.25, -0.2) is 0 Å². The highest BCUT2D eigenvalue weighted by Gasteiger charge is 2.23. The minimum Gasteiger partial charge on any atom is -0.309 e. The zero-order valence-electron chi connectivity index (χ0n) is 13.1. The van der Waals surface area contributed by atoms with Gasteiger partial charge in [-0.05, 0) is 11.4 Å². The van der Waals surface area contributed by atoms with Crippen LogP contribution in [-0.2, 0) is 4.57 Å². The smallest absolute Gasteiger partial charge is 0.164 e. The van der Waals surface area contributed by atoms with Crippen molar-refractivity contribution in [3.05, 3.63) is 102 Å². The van der Waals surface area contributed by atoms with Gasteiger partial charge in [0, 0.05) is 10.6 Å². The fourth-order valence-corrected chi connectivity index (χ4v) is 4.40. The van der Waals surface area contributed by atoms with Crippen molar-refractivity contribution in [3.63, 3.8) is 0 Å². The van der Waals surface area contributed by atoms with Gasteiger partial charge >= 0.3 is 0 Å². The van der Waals surface area contributed by atoms with Crippen molar-refractivity contribution < 1.29 is 5.94 Å². The molecule has 1 nitrogen and oxygen atoms in total. The lowest BCUT2D eigenvalue weighted by atomic mass is 10.2. The molecular weight excluding hydrogens is 287 g/mol. The molecule has 0 aliphatic rings. The van der Waals surface area contributed by atoms with E-state index in [9.17, 15) is 4.57 Å². The predicted octanol–water partition coefficient (Wildman–Crippen LogP) is 4.67. The summed E-state index contributed by atoms with van der Waals surface area (Å²) in [6, 6.07) is 28.1. The van der Waals surface area contributed by atoms with Crippen LogP contribution in [0.25, 0.3) is 6.08 Å². The van der Waals surface area contributed by atoms with Gasteiger partial charge in [0.25, 0.3) is 0 Å². The van der Waals surface area contributed by atoms with Gasteiger partial charge in [-0.3, -0.25) is 0 Å². The molecule has 0 N–H and O–H groups in total. The van der Waals surface area contributed by atoms with Crippen LogP contribution < -0.4 is 10.6 Å². The molecule has 3 rings (SSSR count). The number of hydrogen-bond acceptors (Lipinski definition) is 1. The summed E-state index contributed by atoms with van der Waals surface area (Å²) >= 11 is 0. The summed E-state index contributed by atoms with van der Waals surface area (Å²) in [6.45, 7) is 0. The summed E-state index contributed by atoms with van der Waals surface area (Å²) in [5.41, 5.74) is 0.879. The lowest BCUT2D eigenvalue weighted by molar-refractivity contribution is 0.592. The molecule has 0 aliphatic heterocycles. The van der Waals surface area contributed by atoms with Gasteiger partial charge in [0.05, 0.1) is 1.37 Å². The van der Waals surface area contributed by atoms with Crippen molar-refractivity contribution in [1.82, 2.24) is 0 Å². The van der Waals surface area contributed by atoms with E-state index in [-0.39, 0.29) is 5.79 Å². The van der Waals surface area contributed by atoms with Crippen LogP contribution in [0, 0.1) is 0 Å². The molecule has 0 unspecified atom stereocenters. The summed E-state index contributed by atoms with van der Waals surface area (Å²) < 4.78 is 22.4. The molecule has 0 spiro atoms. The Labute approximate surface area is 132 Å². The summed E-state index contributed by atoms with van der Waals surface area (Å²) in [6.07, 6.45) is 1.70. The molecule has 0 aliphatic carbocycles. The van der Waals surface area contributed by atoms with E-state index in [1.54, 1.807) is 6.08 Å². The van der Waals surface area contributed by atoms with Crippen LogP contribution in [0.5, 0.6) is 0 Å². The minimum absolute atomic E-state index is 0.140. The molecule has 0 aromatic heterocycles. The first-order chi connectivity index (χ1) is 11.2. The van der Waals surface area contributed by atoms with E-state index in [1.807, 2.05) is 91.0 Å². The zero-order valence-corrected chi connectivity index (χ0v) is 13.0. The summed E-state index contributed by atoms with van der Waals surface area (Å²) in [5.74, 6) is 0.140. The van der Waals surface area contributed by atoms with E-state index in [2.05, 4.69) is 0 Å². The Morgan fingerprint density at radius 1 is 0.682 bits per heavy atom. The standard InChI is InChI=1S/C20H17OP/c21-22(19-12-6-2-7-13-19,20-14-8-3-9-15-20)17-16-18-10-4-1-5-11-18/h1-17H/b17-16+/i17D. The fourth-order valence-electron chi connectivity index (χ4n) is 2.29. The van der Waals surface area contributed by atoms with Crippen LogP contribution in [0.1, 0.15) is 6.93 Å². The van der Waals surface area contributed by atoms with Crippen LogP contribution >= 0.6 is 7.14 Å². The Morgan fingerprint density at radius 3 is 1.55 bits per heavy atom. The van der Waals surface area contributed by atoms with Crippen molar-refractivity contribution in [1.29, 1.82) is 0 Å². The van der Waals surface area contributed by atoms with E-state index in [4.69, 9.17) is 1.37 Å². The molecule has 0 atom stereocenters. The van der Waals surface area contributed by atoms with Crippen molar-refractivity contribution in [2.45, 2.75) is 0 Å². The van der Waals surface area contributed by atoms with E-state index in [0.717, 1.165) is 5.56 Å². The molecule has 0 bridgehead atoms. The zero-order chi connectivity index (χ0) is 16.1. The molecule has 3 aromatic carbocycles. The number of benzene rings is 3. The second-order valence-electron chi connectivity index (χ2n) is 4.96. The molecule has 0 saturated heterocycles. The fraction of sp³-hybridized carbons (Fsp3) is 0. The highest BCUT2D eigenvalue weighted by atomic mass is 31.2.